The fraction of sp³-hybridized carbons (Fsp3) is 0.405. The summed E-state index contributed by atoms with van der Waals surface area (Å²) in [6, 6.07) is 9.47. The molecule has 61 heavy (non-hydrogen) atoms. The third-order valence-electron chi connectivity index (χ3n) is 10.5. The van der Waals surface area contributed by atoms with Crippen LogP contribution in [0.3, 0.4) is 0 Å². The third-order valence-corrected chi connectivity index (χ3v) is 10.8. The van der Waals surface area contributed by atoms with Crippen LogP contribution in [0.5, 0.6) is 5.75 Å². The first kappa shape index (κ1) is 43.3. The summed E-state index contributed by atoms with van der Waals surface area (Å²) in [5, 5.41) is 5.63. The molecule has 5 amide bonds. The van der Waals surface area contributed by atoms with Crippen molar-refractivity contribution in [2.75, 3.05) is 89.2 Å². The summed E-state index contributed by atoms with van der Waals surface area (Å²) >= 11 is 6.67. The van der Waals surface area contributed by atoms with Crippen LogP contribution in [0.25, 0.3) is 22.0 Å². The number of imide groups is 2. The topological polar surface area (TPSA) is 182 Å². The molecule has 0 spiro atoms. The van der Waals surface area contributed by atoms with Gasteiger partial charge in [0.15, 0.2) is 5.82 Å². The molecule has 2 fully saturated rings. The first-order chi connectivity index (χ1) is 29.6. The minimum absolute atomic E-state index is 0.0239. The highest BCUT2D eigenvalue weighted by Gasteiger charge is 2.45. The van der Waals surface area contributed by atoms with Crippen molar-refractivity contribution in [3.8, 4) is 16.9 Å². The normalized spacial score (nSPS) is 16.7. The van der Waals surface area contributed by atoms with Gasteiger partial charge in [0.1, 0.15) is 41.9 Å². The van der Waals surface area contributed by atoms with Gasteiger partial charge in [0, 0.05) is 62.2 Å². The lowest BCUT2D eigenvalue weighted by molar-refractivity contribution is -0.136. The van der Waals surface area contributed by atoms with E-state index in [4.69, 9.17) is 30.5 Å². The van der Waals surface area contributed by atoms with Gasteiger partial charge in [0.2, 0.25) is 17.7 Å². The Hall–Kier alpha value is -5.82. The summed E-state index contributed by atoms with van der Waals surface area (Å²) < 4.78 is 54.3. The molecule has 1 atom stereocenters. The highest BCUT2D eigenvalue weighted by molar-refractivity contribution is 6.34. The van der Waals surface area contributed by atoms with Crippen LogP contribution < -0.4 is 20.3 Å². The van der Waals surface area contributed by atoms with Gasteiger partial charge < -0.3 is 34.1 Å². The molecule has 16 nitrogen and oxygen atoms in total. The summed E-state index contributed by atoms with van der Waals surface area (Å²) in [7, 11) is 0. The van der Waals surface area contributed by atoms with Crippen molar-refractivity contribution in [3.63, 3.8) is 0 Å². The highest BCUT2D eigenvalue weighted by Crippen LogP contribution is 2.42. The molecule has 1 aromatic heterocycles. The number of aromatic nitrogens is 2. The van der Waals surface area contributed by atoms with Crippen LogP contribution in [0.4, 0.5) is 20.3 Å². The Balaban J connectivity index is 0.825. The lowest BCUT2D eigenvalue weighted by Gasteiger charge is -2.35. The number of piperidine rings is 1. The Bertz CT molecular complexity index is 2330. The van der Waals surface area contributed by atoms with Crippen molar-refractivity contribution in [1.82, 2.24) is 25.1 Å². The van der Waals surface area contributed by atoms with E-state index in [0.717, 1.165) is 4.90 Å². The molecule has 7 rings (SSSR count). The number of nitrogens with zero attached hydrogens (tertiary/aromatic N) is 5. The van der Waals surface area contributed by atoms with Crippen molar-refractivity contribution in [3.05, 3.63) is 76.6 Å². The van der Waals surface area contributed by atoms with Gasteiger partial charge in [-0.25, -0.2) is 18.7 Å². The predicted octanol–water partition coefficient (Wildman–Crippen LogP) is 4.23. The number of benzene rings is 3. The Kier molecular flexibility index (Phi) is 14.0. The molecular weight excluding hydrogens is 820 g/mol. The van der Waals surface area contributed by atoms with E-state index < -0.39 is 41.3 Å². The zero-order chi connectivity index (χ0) is 43.0. The van der Waals surface area contributed by atoms with Gasteiger partial charge in [-0.2, -0.15) is 0 Å². The zero-order valence-electron chi connectivity index (χ0n) is 33.3. The summed E-state index contributed by atoms with van der Waals surface area (Å²) in [6.07, 6.45) is 1.78. The molecule has 322 valence electrons. The second-order valence-electron chi connectivity index (χ2n) is 14.3. The van der Waals surface area contributed by atoms with Gasteiger partial charge >= 0.3 is 0 Å². The monoisotopic (exact) mass is 863 g/mol. The summed E-state index contributed by atoms with van der Waals surface area (Å²) in [5.74, 6) is -3.22. The third kappa shape index (κ3) is 9.41. The molecule has 1 unspecified atom stereocenters. The first-order valence-electron chi connectivity index (χ1n) is 20.0. The van der Waals surface area contributed by atoms with Crippen LogP contribution in [-0.2, 0) is 28.6 Å². The van der Waals surface area contributed by atoms with Crippen LogP contribution in [0, 0.1) is 11.6 Å². The predicted molar refractivity (Wildman–Crippen MR) is 219 cm³/mol. The number of piperazine rings is 1. The van der Waals surface area contributed by atoms with Crippen LogP contribution in [0.2, 0.25) is 5.02 Å². The van der Waals surface area contributed by atoms with E-state index in [0.29, 0.717) is 56.0 Å². The second-order valence-corrected chi connectivity index (χ2v) is 14.7. The first-order valence-corrected chi connectivity index (χ1v) is 20.4. The number of halogens is 3. The fourth-order valence-electron chi connectivity index (χ4n) is 7.53. The SMILES string of the molecule is CCC(=O)N1CCN(c2ncnc3c(F)c(-c4c(F)cccc4OCCOCCOCCOCCNc4cccc5c4C(=O)N(C4CCC(=O)NC4=O)C5=O)c(Cl)cc23)CC1. The Morgan fingerprint density at radius 2 is 1.57 bits per heavy atom. The van der Waals surface area contributed by atoms with E-state index in [9.17, 15) is 24.0 Å². The lowest BCUT2D eigenvalue weighted by atomic mass is 10.0. The molecule has 4 aromatic rings. The lowest BCUT2D eigenvalue weighted by Crippen LogP contribution is -2.54. The second kappa shape index (κ2) is 19.7. The van der Waals surface area contributed by atoms with Crippen molar-refractivity contribution in [2.45, 2.75) is 32.2 Å². The van der Waals surface area contributed by atoms with Gasteiger partial charge in [-0.1, -0.05) is 30.7 Å². The Morgan fingerprint density at radius 1 is 0.869 bits per heavy atom. The molecule has 3 aliphatic rings. The Morgan fingerprint density at radius 3 is 2.30 bits per heavy atom. The zero-order valence-corrected chi connectivity index (χ0v) is 34.1. The van der Waals surface area contributed by atoms with Crippen LogP contribution >= 0.6 is 11.6 Å². The molecule has 4 heterocycles. The highest BCUT2D eigenvalue weighted by atomic mass is 35.5. The van der Waals surface area contributed by atoms with Gasteiger partial charge in [0.25, 0.3) is 11.8 Å². The van der Waals surface area contributed by atoms with E-state index >= 15 is 8.78 Å². The number of amides is 5. The molecule has 19 heteroatoms. The molecule has 2 saturated heterocycles. The van der Waals surface area contributed by atoms with E-state index in [1.54, 1.807) is 17.0 Å². The standard InChI is InChI=1S/C42H44ClF2N7O9/c1-2-33(54)50-12-14-51(15-13-50)39-26-23-27(43)35(37(45)38(26)47-24-48-39)36-28(44)6-4-8-31(36)61-22-21-60-20-19-59-18-17-58-16-11-46-29-7-3-5-25-34(29)42(57)52(41(25)56)30-9-10-32(53)49-40(30)55/h3-8,23-24,30,46H,2,9-22H2,1H3,(H,49,53,55). The van der Waals surface area contributed by atoms with E-state index in [-0.39, 0.29) is 104 Å². The molecule has 0 radical (unpaired) electrons. The number of carbonyl (C=O) groups excluding carboxylic acids is 5. The van der Waals surface area contributed by atoms with Gasteiger partial charge in [-0.15, -0.1) is 0 Å². The van der Waals surface area contributed by atoms with E-state index in [2.05, 4.69) is 20.6 Å². The largest absolute Gasteiger partial charge is 0.490 e. The van der Waals surface area contributed by atoms with Crippen molar-refractivity contribution >= 4 is 63.5 Å². The summed E-state index contributed by atoms with van der Waals surface area (Å²) in [5.41, 5.74) is 0.425. The van der Waals surface area contributed by atoms with Gasteiger partial charge in [0.05, 0.1) is 61.4 Å². The van der Waals surface area contributed by atoms with Gasteiger partial charge in [-0.05, 0) is 36.8 Å². The molecule has 0 bridgehead atoms. The number of hydrogen-bond donors (Lipinski definition) is 2. The maximum atomic E-state index is 16.3. The number of hydrogen-bond acceptors (Lipinski definition) is 13. The average Bonchev–Trinajstić information content (AvgIpc) is 3.51. The van der Waals surface area contributed by atoms with Crippen molar-refractivity contribution in [2.24, 2.45) is 0 Å². The van der Waals surface area contributed by atoms with E-state index in [1.165, 1.54) is 36.7 Å². The van der Waals surface area contributed by atoms with Crippen LogP contribution in [0.1, 0.15) is 46.9 Å². The summed E-state index contributed by atoms with van der Waals surface area (Å²) in [4.78, 5) is 75.6. The Labute approximate surface area is 354 Å². The number of carbonyl (C=O) groups is 5. The molecule has 3 aromatic carbocycles. The van der Waals surface area contributed by atoms with Crippen LogP contribution in [-0.4, -0.2) is 134 Å². The molecule has 2 N–H and O–H groups in total. The fourth-order valence-corrected chi connectivity index (χ4v) is 7.82. The molecule has 0 saturated carbocycles. The molecule has 0 aliphatic carbocycles. The minimum Gasteiger partial charge on any atom is -0.490 e. The minimum atomic E-state index is -1.05. The van der Waals surface area contributed by atoms with Crippen LogP contribution in [0.15, 0.2) is 48.8 Å². The van der Waals surface area contributed by atoms with Crippen molar-refractivity contribution < 1.29 is 51.7 Å². The van der Waals surface area contributed by atoms with Crippen molar-refractivity contribution in [1.29, 1.82) is 0 Å². The smallest absolute Gasteiger partial charge is 0.264 e. The number of ether oxygens (including phenoxy) is 4. The number of fused-ring (bicyclic) bond motifs is 2. The number of nitrogens with one attached hydrogen (secondary N) is 2. The average molecular weight is 864 g/mol. The molecular formula is C42H44ClF2N7O9. The maximum absolute atomic E-state index is 16.3. The number of anilines is 2. The maximum Gasteiger partial charge on any atom is 0.264 e. The quantitative estimate of drug-likeness (QED) is 0.107. The summed E-state index contributed by atoms with van der Waals surface area (Å²) in [6.45, 7) is 5.62. The van der Waals surface area contributed by atoms with E-state index in [1.807, 2.05) is 11.8 Å². The van der Waals surface area contributed by atoms with Gasteiger partial charge in [-0.3, -0.25) is 34.2 Å². The molecule has 3 aliphatic heterocycles. The number of rotatable bonds is 18.